The molecule has 1 aromatic rings. The van der Waals surface area contributed by atoms with Crippen molar-refractivity contribution < 1.29 is 4.57 Å². The highest BCUT2D eigenvalue weighted by Gasteiger charge is 2.42. The summed E-state index contributed by atoms with van der Waals surface area (Å²) in [5, 5.41) is 0.518. The quantitative estimate of drug-likeness (QED) is 0.591. The van der Waals surface area contributed by atoms with Crippen molar-refractivity contribution in [3.05, 3.63) is 21.3 Å². The maximum absolute atomic E-state index is 12.6. The average Bonchev–Trinajstić information content (AvgIpc) is 3.22. The number of unbranched alkanes of at least 4 members (excludes halogenated alkanes) is 3. The number of rotatable bonds is 5. The molecule has 0 unspecified atom stereocenters. The normalized spacial score (nSPS) is 23.8. The summed E-state index contributed by atoms with van der Waals surface area (Å²) < 4.78 is 3.83. The Bertz CT molecular complexity index is 851. The number of hydrogen-bond donors (Lipinski definition) is 0. The Kier molecular flexibility index (Phi) is 3.62. The molecule has 1 saturated carbocycles. The van der Waals surface area contributed by atoms with Gasteiger partial charge in [0.1, 0.15) is 12.1 Å². The first-order valence-electron chi connectivity index (χ1n) is 8.89. The predicted octanol–water partition coefficient (Wildman–Crippen LogP) is 1.03. The summed E-state index contributed by atoms with van der Waals surface area (Å²) in [5.74, 6) is 1.57. The monoisotopic (exact) mass is 314 g/mol. The average molecular weight is 314 g/mol. The van der Waals surface area contributed by atoms with Gasteiger partial charge >= 0.3 is 11.2 Å². The number of fused-ring (bicyclic) bond motifs is 5. The summed E-state index contributed by atoms with van der Waals surface area (Å²) in [5.41, 5.74) is 0.705. The van der Waals surface area contributed by atoms with Gasteiger partial charge in [-0.05, 0) is 25.7 Å². The number of nitrogens with zero attached hydrogens (tertiary/aromatic N) is 5. The zero-order chi connectivity index (χ0) is 16.0. The molecule has 1 aromatic heterocycles. The third kappa shape index (κ3) is 2.26. The Morgan fingerprint density at radius 2 is 2.09 bits per heavy atom. The van der Waals surface area contributed by atoms with Gasteiger partial charge < -0.3 is 0 Å². The van der Waals surface area contributed by atoms with E-state index < -0.39 is 0 Å². The molecule has 2 atom stereocenters. The molecule has 6 nitrogen and oxygen atoms in total. The summed E-state index contributed by atoms with van der Waals surface area (Å²) in [6.45, 7) is 2.21. The Balaban J connectivity index is 1.73. The molecule has 0 bridgehead atoms. The second kappa shape index (κ2) is 5.65. The van der Waals surface area contributed by atoms with Crippen LogP contribution < -0.4 is 21.1 Å². The molecule has 2 aliphatic heterocycles. The molecule has 4 rings (SSSR count). The van der Waals surface area contributed by atoms with Gasteiger partial charge in [0.15, 0.2) is 5.84 Å². The fourth-order valence-electron chi connectivity index (χ4n) is 3.99. The van der Waals surface area contributed by atoms with Crippen LogP contribution in [0.4, 0.5) is 5.82 Å². The largest absolute Gasteiger partial charge is 0.352 e. The van der Waals surface area contributed by atoms with Crippen molar-refractivity contribution in [2.45, 2.75) is 70.4 Å². The highest BCUT2D eigenvalue weighted by atomic mass is 16.1. The molecule has 122 valence electrons. The van der Waals surface area contributed by atoms with Gasteiger partial charge in [-0.15, -0.1) is 9.98 Å². The lowest BCUT2D eigenvalue weighted by atomic mass is 10.1. The number of aromatic nitrogens is 2. The Hall–Kier alpha value is -1.85. The van der Waals surface area contributed by atoms with Crippen LogP contribution in [0.3, 0.4) is 0 Å². The van der Waals surface area contributed by atoms with Gasteiger partial charge in [0.25, 0.3) is 5.82 Å². The van der Waals surface area contributed by atoms with Gasteiger partial charge in [-0.25, -0.2) is 14.1 Å². The lowest BCUT2D eigenvalue weighted by Gasteiger charge is -2.08. The summed E-state index contributed by atoms with van der Waals surface area (Å²) >= 11 is 0. The van der Waals surface area contributed by atoms with Crippen LogP contribution in [-0.4, -0.2) is 16.4 Å². The summed E-state index contributed by atoms with van der Waals surface area (Å²) in [6, 6.07) is 0.680. The zero-order valence-electron chi connectivity index (χ0n) is 14.0. The van der Waals surface area contributed by atoms with E-state index in [1.807, 2.05) is 0 Å². The second-order valence-corrected chi connectivity index (χ2v) is 6.85. The van der Waals surface area contributed by atoms with E-state index >= 15 is 0 Å². The summed E-state index contributed by atoms with van der Waals surface area (Å²) in [4.78, 5) is 26.6. The van der Waals surface area contributed by atoms with Crippen LogP contribution in [0.25, 0.3) is 0 Å². The maximum Gasteiger partial charge on any atom is 0.352 e. The molecule has 1 aliphatic carbocycles. The van der Waals surface area contributed by atoms with Crippen LogP contribution in [0.1, 0.15) is 64.3 Å². The van der Waals surface area contributed by atoms with E-state index in [-0.39, 0.29) is 5.56 Å². The highest BCUT2D eigenvalue weighted by Crippen LogP contribution is 2.30. The second-order valence-electron chi connectivity index (χ2n) is 6.85. The number of hydrogen-bond acceptors (Lipinski definition) is 4. The van der Waals surface area contributed by atoms with Crippen LogP contribution in [0, 0.1) is 0 Å². The van der Waals surface area contributed by atoms with Gasteiger partial charge in [0, 0.05) is 6.42 Å². The maximum atomic E-state index is 12.6. The van der Waals surface area contributed by atoms with Gasteiger partial charge in [0.2, 0.25) is 5.36 Å². The van der Waals surface area contributed by atoms with Crippen LogP contribution >= 0.6 is 0 Å². The van der Waals surface area contributed by atoms with Gasteiger partial charge in [0.05, 0.1) is 7.05 Å². The van der Waals surface area contributed by atoms with Crippen molar-refractivity contribution in [2.24, 2.45) is 22.0 Å². The van der Waals surface area contributed by atoms with Crippen LogP contribution in [0.15, 0.2) is 19.8 Å². The van der Waals surface area contributed by atoms with Crippen molar-refractivity contribution in [3.63, 3.8) is 0 Å². The first kappa shape index (κ1) is 14.7. The summed E-state index contributed by atoms with van der Waals surface area (Å²) in [6.07, 6.45) is 9.05. The van der Waals surface area contributed by atoms with E-state index in [1.165, 1.54) is 25.7 Å². The van der Waals surface area contributed by atoms with Crippen molar-refractivity contribution in [1.29, 1.82) is 0 Å². The molecule has 0 saturated heterocycles. The fourth-order valence-corrected chi connectivity index (χ4v) is 3.99. The molecule has 0 aromatic carbocycles. The lowest BCUT2D eigenvalue weighted by molar-refractivity contribution is -0.720. The highest BCUT2D eigenvalue weighted by molar-refractivity contribution is 5.87. The topological polar surface area (TPSA) is 63.0 Å². The Morgan fingerprint density at radius 1 is 1.22 bits per heavy atom. The number of aliphatic imine (C=N–C) groups is 1. The Morgan fingerprint density at radius 3 is 2.91 bits per heavy atom. The molecule has 0 spiro atoms. The zero-order valence-corrected chi connectivity index (χ0v) is 14.0. The smallest absolute Gasteiger partial charge is 0.253 e. The van der Waals surface area contributed by atoms with Crippen molar-refractivity contribution >= 4 is 11.7 Å². The van der Waals surface area contributed by atoms with Gasteiger partial charge in [-0.2, -0.15) is 0 Å². The predicted molar refractivity (Wildman–Crippen MR) is 86.7 cm³/mol. The SMILES string of the molecule is CCCCCCC1=Nc2c(c(=O)n(C)c3[n+]2[C@H]2CCC[C@H]2N=3)=N1. The third-order valence-electron chi connectivity index (χ3n) is 5.25. The molecule has 0 N–H and O–H groups in total. The fraction of sp³-hybridized carbons (Fsp3) is 0.706. The summed E-state index contributed by atoms with van der Waals surface area (Å²) in [7, 11) is 1.80. The van der Waals surface area contributed by atoms with Crippen molar-refractivity contribution in [2.75, 3.05) is 0 Å². The molecule has 23 heavy (non-hydrogen) atoms. The minimum Gasteiger partial charge on any atom is -0.253 e. The van der Waals surface area contributed by atoms with Crippen LogP contribution in [-0.2, 0) is 7.05 Å². The van der Waals surface area contributed by atoms with E-state index in [4.69, 9.17) is 9.98 Å². The number of amidine groups is 1. The van der Waals surface area contributed by atoms with E-state index in [1.54, 1.807) is 11.6 Å². The molecule has 6 heteroatoms. The molecule has 1 fully saturated rings. The third-order valence-corrected chi connectivity index (χ3v) is 5.25. The molecule has 0 amide bonds. The molecular weight excluding hydrogens is 290 g/mol. The van der Waals surface area contributed by atoms with Gasteiger partial charge in [-0.3, -0.25) is 4.79 Å². The first-order chi connectivity index (χ1) is 11.2. The molecule has 3 aliphatic rings. The molecular formula is C17H24N5O+. The first-order valence-corrected chi connectivity index (χ1v) is 8.89. The minimum absolute atomic E-state index is 0.0673. The van der Waals surface area contributed by atoms with Gasteiger partial charge in [-0.1, -0.05) is 26.2 Å². The van der Waals surface area contributed by atoms with Crippen LogP contribution in [0.2, 0.25) is 0 Å². The molecule has 3 heterocycles. The van der Waals surface area contributed by atoms with E-state index in [2.05, 4.69) is 16.5 Å². The van der Waals surface area contributed by atoms with Crippen LogP contribution in [0.5, 0.6) is 0 Å². The van der Waals surface area contributed by atoms with E-state index in [9.17, 15) is 4.79 Å². The Labute approximate surface area is 135 Å². The van der Waals surface area contributed by atoms with E-state index in [0.717, 1.165) is 43.0 Å². The van der Waals surface area contributed by atoms with E-state index in [0.29, 0.717) is 17.4 Å². The minimum atomic E-state index is -0.0673. The van der Waals surface area contributed by atoms with Crippen molar-refractivity contribution in [1.82, 2.24) is 4.57 Å². The lowest BCUT2D eigenvalue weighted by Crippen LogP contribution is -2.61. The standard InChI is InChI=1S/C17H24N5O/c1-3-4-5-6-10-13-19-14-15(20-13)22-12-9-7-8-11(12)18-17(22)21(2)16(14)23/h11-12H,3-10H2,1-2H3/q+1/t11-,12+/m1/s1. The van der Waals surface area contributed by atoms with Crippen molar-refractivity contribution in [3.8, 4) is 0 Å². The molecule has 0 radical (unpaired) electrons.